The summed E-state index contributed by atoms with van der Waals surface area (Å²) >= 11 is 0. The van der Waals surface area contributed by atoms with Gasteiger partial charge < -0.3 is 0 Å². The molecule has 2 rings (SSSR count). The Morgan fingerprint density at radius 1 is 0.800 bits per heavy atom. The van der Waals surface area contributed by atoms with Crippen LogP contribution in [0.25, 0.3) is 0 Å². The van der Waals surface area contributed by atoms with Gasteiger partial charge in [0, 0.05) is 11.5 Å². The molecule has 0 saturated carbocycles. The lowest BCUT2D eigenvalue weighted by Crippen LogP contribution is -2.06. The lowest BCUT2D eigenvalue weighted by atomic mass is 9.94. The van der Waals surface area contributed by atoms with E-state index in [1.807, 2.05) is 21.6 Å². The van der Waals surface area contributed by atoms with Crippen LogP contribution >= 0.6 is 21.6 Å². The summed E-state index contributed by atoms with van der Waals surface area (Å²) in [4.78, 5) is 0. The van der Waals surface area contributed by atoms with E-state index in [0.717, 1.165) is 0 Å². The predicted molar refractivity (Wildman–Crippen MR) is 50.4 cm³/mol. The van der Waals surface area contributed by atoms with Crippen LogP contribution in [-0.4, -0.2) is 11.5 Å². The number of hydrogen-bond acceptors (Lipinski definition) is 2. The number of rotatable bonds is 0. The summed E-state index contributed by atoms with van der Waals surface area (Å²) in [6.45, 7) is 0. The van der Waals surface area contributed by atoms with Gasteiger partial charge in [-0.3, -0.25) is 0 Å². The zero-order chi connectivity index (χ0) is 6.81. The lowest BCUT2D eigenvalue weighted by Gasteiger charge is -2.23. The first kappa shape index (κ1) is 7.11. The minimum absolute atomic E-state index is 1.32. The molecule has 1 heterocycles. The monoisotopic (exact) mass is 172 g/mol. The Bertz CT molecular complexity index is 127. The Morgan fingerprint density at radius 2 is 1.30 bits per heavy atom. The molecule has 0 aromatic carbocycles. The highest BCUT2D eigenvalue weighted by Gasteiger charge is 2.16. The molecular weight excluding hydrogens is 160 g/mol. The largest absolute Gasteiger partial charge is 0.0894 e. The molecule has 2 aliphatic rings. The smallest absolute Gasteiger partial charge is 0.0250 e. The van der Waals surface area contributed by atoms with Crippen LogP contribution in [0, 0.1) is 0 Å². The zero-order valence-electron chi connectivity index (χ0n) is 6.06. The lowest BCUT2D eigenvalue weighted by molar-refractivity contribution is 0.675. The van der Waals surface area contributed by atoms with E-state index in [2.05, 4.69) is 0 Å². The maximum atomic E-state index is 2.04. The van der Waals surface area contributed by atoms with Gasteiger partial charge in [-0.1, -0.05) is 32.7 Å². The van der Waals surface area contributed by atoms with Crippen LogP contribution in [0.1, 0.15) is 25.7 Å². The van der Waals surface area contributed by atoms with Crippen molar-refractivity contribution < 1.29 is 0 Å². The summed E-state index contributed by atoms with van der Waals surface area (Å²) in [7, 11) is 4.08. The molecule has 0 atom stereocenters. The summed E-state index contributed by atoms with van der Waals surface area (Å²) < 4.78 is 0. The molecule has 56 valence electrons. The second-order valence-corrected chi connectivity index (χ2v) is 5.40. The average molecular weight is 172 g/mol. The van der Waals surface area contributed by atoms with E-state index in [4.69, 9.17) is 0 Å². The molecule has 0 nitrogen and oxygen atoms in total. The standard InChI is InChI=1S/C8H12S2/c1-2-4-8-6-10-9-5-7(8)3-1/h1-6H2. The highest BCUT2D eigenvalue weighted by Crippen LogP contribution is 2.39. The van der Waals surface area contributed by atoms with Crippen molar-refractivity contribution in [2.24, 2.45) is 0 Å². The van der Waals surface area contributed by atoms with E-state index in [9.17, 15) is 0 Å². The fourth-order valence-electron chi connectivity index (χ4n) is 1.60. The van der Waals surface area contributed by atoms with Gasteiger partial charge in [0.2, 0.25) is 0 Å². The van der Waals surface area contributed by atoms with Gasteiger partial charge >= 0.3 is 0 Å². The van der Waals surface area contributed by atoms with Crippen molar-refractivity contribution in [3.63, 3.8) is 0 Å². The molecule has 10 heavy (non-hydrogen) atoms. The third kappa shape index (κ3) is 1.37. The van der Waals surface area contributed by atoms with Crippen molar-refractivity contribution >= 4 is 21.6 Å². The highest BCUT2D eigenvalue weighted by molar-refractivity contribution is 8.76. The molecule has 0 aromatic rings. The quantitative estimate of drug-likeness (QED) is 0.406. The van der Waals surface area contributed by atoms with Crippen molar-refractivity contribution in [2.75, 3.05) is 11.5 Å². The zero-order valence-corrected chi connectivity index (χ0v) is 7.69. The van der Waals surface area contributed by atoms with Crippen LogP contribution in [0.2, 0.25) is 0 Å². The Balaban J connectivity index is 2.14. The summed E-state index contributed by atoms with van der Waals surface area (Å²) in [5, 5.41) is 0. The molecular formula is C8H12S2. The van der Waals surface area contributed by atoms with Crippen LogP contribution in [0.15, 0.2) is 11.1 Å². The van der Waals surface area contributed by atoms with E-state index in [0.29, 0.717) is 0 Å². The molecule has 1 aliphatic heterocycles. The first-order valence-corrected chi connectivity index (χ1v) is 6.40. The summed E-state index contributed by atoms with van der Waals surface area (Å²) in [5.74, 6) is 2.64. The van der Waals surface area contributed by atoms with Crippen molar-refractivity contribution in [3.05, 3.63) is 11.1 Å². The van der Waals surface area contributed by atoms with E-state index < -0.39 is 0 Å². The molecule has 0 unspecified atom stereocenters. The Hall–Kier alpha value is 0.440. The topological polar surface area (TPSA) is 0 Å². The van der Waals surface area contributed by atoms with Crippen LogP contribution in [0.4, 0.5) is 0 Å². The molecule has 0 spiro atoms. The van der Waals surface area contributed by atoms with Gasteiger partial charge in [-0.05, 0) is 25.7 Å². The molecule has 0 saturated heterocycles. The van der Waals surface area contributed by atoms with Crippen molar-refractivity contribution in [1.29, 1.82) is 0 Å². The molecule has 0 radical (unpaired) electrons. The molecule has 0 bridgehead atoms. The fourth-order valence-corrected chi connectivity index (χ4v) is 4.11. The van der Waals surface area contributed by atoms with Gasteiger partial charge in [0.15, 0.2) is 0 Å². The second kappa shape index (κ2) is 3.22. The molecule has 0 N–H and O–H groups in total. The first-order chi connectivity index (χ1) is 4.97. The molecule has 1 aliphatic carbocycles. The molecule has 0 fully saturated rings. The van der Waals surface area contributed by atoms with Gasteiger partial charge in [-0.25, -0.2) is 0 Å². The van der Waals surface area contributed by atoms with Crippen LogP contribution in [0.3, 0.4) is 0 Å². The van der Waals surface area contributed by atoms with E-state index >= 15 is 0 Å². The summed E-state index contributed by atoms with van der Waals surface area (Å²) in [6, 6.07) is 0. The van der Waals surface area contributed by atoms with E-state index in [-0.39, 0.29) is 0 Å². The minimum atomic E-state index is 1.32. The van der Waals surface area contributed by atoms with Crippen LogP contribution in [-0.2, 0) is 0 Å². The molecule has 0 aromatic heterocycles. The Labute approximate surface area is 70.2 Å². The van der Waals surface area contributed by atoms with Crippen molar-refractivity contribution in [3.8, 4) is 0 Å². The predicted octanol–water partition coefficient (Wildman–Crippen LogP) is 3.25. The van der Waals surface area contributed by atoms with Gasteiger partial charge in [0.05, 0.1) is 0 Å². The Morgan fingerprint density at radius 3 is 1.80 bits per heavy atom. The SMILES string of the molecule is C1CCC2=C(C1)CSSC2. The minimum Gasteiger partial charge on any atom is -0.0894 e. The Kier molecular flexibility index (Phi) is 2.29. The molecule has 2 heteroatoms. The van der Waals surface area contributed by atoms with Gasteiger partial charge in [0.25, 0.3) is 0 Å². The van der Waals surface area contributed by atoms with Crippen LogP contribution in [0.5, 0.6) is 0 Å². The van der Waals surface area contributed by atoms with Gasteiger partial charge in [0.1, 0.15) is 0 Å². The van der Waals surface area contributed by atoms with E-state index in [1.165, 1.54) is 37.2 Å². The van der Waals surface area contributed by atoms with Crippen molar-refractivity contribution in [2.45, 2.75) is 25.7 Å². The van der Waals surface area contributed by atoms with Gasteiger partial charge in [-0.15, -0.1) is 0 Å². The third-order valence-electron chi connectivity index (χ3n) is 2.26. The maximum Gasteiger partial charge on any atom is 0.0250 e. The average Bonchev–Trinajstić information content (AvgIpc) is 2.05. The summed E-state index contributed by atoms with van der Waals surface area (Å²) in [5.41, 5.74) is 3.57. The van der Waals surface area contributed by atoms with Crippen LogP contribution < -0.4 is 0 Å². The molecule has 0 amide bonds. The normalized spacial score (nSPS) is 26.4. The second-order valence-electron chi connectivity index (χ2n) is 2.94. The van der Waals surface area contributed by atoms with Crippen molar-refractivity contribution in [1.82, 2.24) is 0 Å². The summed E-state index contributed by atoms with van der Waals surface area (Å²) in [6.07, 6.45) is 5.71. The number of hydrogen-bond donors (Lipinski definition) is 0. The first-order valence-electron chi connectivity index (χ1n) is 3.91. The van der Waals surface area contributed by atoms with Gasteiger partial charge in [-0.2, -0.15) is 0 Å². The maximum absolute atomic E-state index is 2.04. The fraction of sp³-hybridized carbons (Fsp3) is 0.750. The third-order valence-corrected chi connectivity index (χ3v) is 4.56. The van der Waals surface area contributed by atoms with E-state index in [1.54, 1.807) is 11.1 Å². The highest BCUT2D eigenvalue weighted by atomic mass is 33.1.